The molecule has 0 fully saturated rings. The second kappa shape index (κ2) is 12.2. The maximum atomic E-state index is 12.0. The highest BCUT2D eigenvalue weighted by atomic mass is 16.5. The van der Waals surface area contributed by atoms with Gasteiger partial charge < -0.3 is 14.2 Å². The van der Waals surface area contributed by atoms with Crippen molar-refractivity contribution < 1.29 is 19.0 Å². The molecule has 0 bridgehead atoms. The minimum atomic E-state index is -0.266. The number of carbonyl (C=O) groups excluding carboxylic acids is 1. The molecule has 3 rings (SSSR count). The fourth-order valence-corrected chi connectivity index (χ4v) is 2.96. The number of rotatable bonds is 11. The first-order valence-electron chi connectivity index (χ1n) is 10.6. The molecular formula is C26H28N2O4. The summed E-state index contributed by atoms with van der Waals surface area (Å²) in [5, 5.41) is 4.01. The van der Waals surface area contributed by atoms with E-state index in [0.717, 1.165) is 24.2 Å². The van der Waals surface area contributed by atoms with Gasteiger partial charge in [0.1, 0.15) is 5.75 Å². The molecular weight excluding hydrogens is 404 g/mol. The number of ether oxygens (including phenoxy) is 3. The number of benzene rings is 3. The van der Waals surface area contributed by atoms with Crippen LogP contribution in [-0.2, 0) is 6.42 Å². The Bertz CT molecular complexity index is 1020. The fourth-order valence-electron chi connectivity index (χ4n) is 2.96. The molecule has 0 atom stereocenters. The van der Waals surface area contributed by atoms with Crippen LogP contribution >= 0.6 is 0 Å². The van der Waals surface area contributed by atoms with Crippen molar-refractivity contribution in [3.05, 3.63) is 89.5 Å². The lowest BCUT2D eigenvalue weighted by Crippen LogP contribution is -2.17. The highest BCUT2D eigenvalue weighted by molar-refractivity contribution is 5.94. The van der Waals surface area contributed by atoms with Gasteiger partial charge in [-0.15, -0.1) is 0 Å². The first kappa shape index (κ1) is 22.9. The van der Waals surface area contributed by atoms with Crippen molar-refractivity contribution in [1.82, 2.24) is 5.43 Å². The second-order valence-electron chi connectivity index (χ2n) is 7.02. The molecule has 3 aromatic carbocycles. The molecule has 0 aliphatic carbocycles. The van der Waals surface area contributed by atoms with Gasteiger partial charge in [0.25, 0.3) is 5.91 Å². The minimum Gasteiger partial charge on any atom is -0.493 e. The Morgan fingerprint density at radius 2 is 1.69 bits per heavy atom. The Labute approximate surface area is 188 Å². The lowest BCUT2D eigenvalue weighted by atomic mass is 10.2. The predicted molar refractivity (Wildman–Crippen MR) is 126 cm³/mol. The highest BCUT2D eigenvalue weighted by Gasteiger charge is 2.06. The summed E-state index contributed by atoms with van der Waals surface area (Å²) in [5.41, 5.74) is 5.13. The van der Waals surface area contributed by atoms with Crippen LogP contribution in [0.1, 0.15) is 34.8 Å². The Hall–Kier alpha value is -3.80. The monoisotopic (exact) mass is 432 g/mol. The van der Waals surface area contributed by atoms with Crippen LogP contribution in [0.15, 0.2) is 77.9 Å². The number of hydrogen-bond acceptors (Lipinski definition) is 5. The van der Waals surface area contributed by atoms with E-state index in [1.54, 1.807) is 43.7 Å². The quantitative estimate of drug-likeness (QED) is 0.267. The summed E-state index contributed by atoms with van der Waals surface area (Å²) in [5.74, 6) is 1.84. The number of amides is 1. The van der Waals surface area contributed by atoms with Gasteiger partial charge in [-0.2, -0.15) is 5.10 Å². The molecule has 0 unspecified atom stereocenters. The van der Waals surface area contributed by atoms with E-state index < -0.39 is 0 Å². The SMILES string of the molecule is CCc1ccc(OCCCOc2ccc(C=NNC(=O)c3ccccc3)cc2OC)cc1. The number of hydrazone groups is 1. The predicted octanol–water partition coefficient (Wildman–Crippen LogP) is 4.87. The van der Waals surface area contributed by atoms with Gasteiger partial charge >= 0.3 is 0 Å². The average molecular weight is 433 g/mol. The summed E-state index contributed by atoms with van der Waals surface area (Å²) in [4.78, 5) is 12.0. The van der Waals surface area contributed by atoms with Gasteiger partial charge in [0.15, 0.2) is 11.5 Å². The molecule has 32 heavy (non-hydrogen) atoms. The van der Waals surface area contributed by atoms with E-state index in [-0.39, 0.29) is 5.91 Å². The Kier molecular flexibility index (Phi) is 8.69. The van der Waals surface area contributed by atoms with E-state index in [4.69, 9.17) is 14.2 Å². The second-order valence-corrected chi connectivity index (χ2v) is 7.02. The van der Waals surface area contributed by atoms with E-state index in [0.29, 0.717) is 30.3 Å². The van der Waals surface area contributed by atoms with Gasteiger partial charge in [-0.25, -0.2) is 5.43 Å². The molecule has 1 N–H and O–H groups in total. The van der Waals surface area contributed by atoms with Crippen LogP contribution in [0.3, 0.4) is 0 Å². The van der Waals surface area contributed by atoms with Crippen LogP contribution in [0.4, 0.5) is 0 Å². The van der Waals surface area contributed by atoms with Crippen LogP contribution in [0.5, 0.6) is 17.2 Å². The summed E-state index contributed by atoms with van der Waals surface area (Å²) in [6, 6.07) is 22.5. The van der Waals surface area contributed by atoms with Crippen LogP contribution in [0, 0.1) is 0 Å². The average Bonchev–Trinajstić information content (AvgIpc) is 2.85. The summed E-state index contributed by atoms with van der Waals surface area (Å²) in [6.45, 7) is 3.20. The van der Waals surface area contributed by atoms with Gasteiger partial charge in [0.05, 0.1) is 26.5 Å². The van der Waals surface area contributed by atoms with Crippen molar-refractivity contribution in [3.63, 3.8) is 0 Å². The number of aryl methyl sites for hydroxylation is 1. The highest BCUT2D eigenvalue weighted by Crippen LogP contribution is 2.27. The molecule has 1 amide bonds. The lowest BCUT2D eigenvalue weighted by Gasteiger charge is -2.12. The zero-order chi connectivity index (χ0) is 22.6. The number of nitrogens with zero attached hydrogens (tertiary/aromatic N) is 1. The molecule has 3 aromatic rings. The van der Waals surface area contributed by atoms with Crippen molar-refractivity contribution in [3.8, 4) is 17.2 Å². The first-order chi connectivity index (χ1) is 15.7. The fraction of sp³-hybridized carbons (Fsp3) is 0.231. The van der Waals surface area contributed by atoms with Gasteiger partial charge in [-0.1, -0.05) is 37.3 Å². The molecule has 0 spiro atoms. The van der Waals surface area contributed by atoms with Crippen molar-refractivity contribution in [1.29, 1.82) is 0 Å². The molecule has 6 heteroatoms. The van der Waals surface area contributed by atoms with Crippen LogP contribution in [-0.4, -0.2) is 32.4 Å². The number of carbonyl (C=O) groups is 1. The zero-order valence-corrected chi connectivity index (χ0v) is 18.4. The molecule has 0 saturated heterocycles. The Morgan fingerprint density at radius 3 is 2.41 bits per heavy atom. The zero-order valence-electron chi connectivity index (χ0n) is 18.4. The molecule has 0 aliphatic heterocycles. The van der Waals surface area contributed by atoms with Crippen LogP contribution in [0.2, 0.25) is 0 Å². The van der Waals surface area contributed by atoms with E-state index in [9.17, 15) is 4.79 Å². The van der Waals surface area contributed by atoms with E-state index in [2.05, 4.69) is 29.6 Å². The third-order valence-corrected chi connectivity index (χ3v) is 4.75. The van der Waals surface area contributed by atoms with Gasteiger partial charge in [0, 0.05) is 12.0 Å². The smallest absolute Gasteiger partial charge is 0.271 e. The molecule has 166 valence electrons. The summed E-state index contributed by atoms with van der Waals surface area (Å²) in [6.07, 6.45) is 3.32. The summed E-state index contributed by atoms with van der Waals surface area (Å²) >= 11 is 0. The first-order valence-corrected chi connectivity index (χ1v) is 10.6. The lowest BCUT2D eigenvalue weighted by molar-refractivity contribution is 0.0955. The Balaban J connectivity index is 1.45. The number of nitrogens with one attached hydrogen (secondary N) is 1. The maximum absolute atomic E-state index is 12.0. The standard InChI is InChI=1S/C26H28N2O4/c1-3-20-10-13-23(14-11-20)31-16-7-17-32-24-15-12-21(18-25(24)30-2)19-27-28-26(29)22-8-5-4-6-9-22/h4-6,8-15,18-19H,3,7,16-17H2,1-2H3,(H,28,29). The molecule has 0 aromatic heterocycles. The van der Waals surface area contributed by atoms with E-state index in [1.165, 1.54) is 5.56 Å². The van der Waals surface area contributed by atoms with E-state index in [1.807, 2.05) is 30.3 Å². The van der Waals surface area contributed by atoms with Gasteiger partial charge in [0.2, 0.25) is 0 Å². The molecule has 0 radical (unpaired) electrons. The van der Waals surface area contributed by atoms with Crippen molar-refractivity contribution >= 4 is 12.1 Å². The van der Waals surface area contributed by atoms with Crippen LogP contribution in [0.25, 0.3) is 0 Å². The topological polar surface area (TPSA) is 69.2 Å². The Morgan fingerprint density at radius 1 is 0.938 bits per heavy atom. The summed E-state index contributed by atoms with van der Waals surface area (Å²) < 4.78 is 17.0. The van der Waals surface area contributed by atoms with Gasteiger partial charge in [-0.3, -0.25) is 4.79 Å². The molecule has 0 saturated carbocycles. The largest absolute Gasteiger partial charge is 0.493 e. The van der Waals surface area contributed by atoms with Gasteiger partial charge in [-0.05, 0) is 60.0 Å². The maximum Gasteiger partial charge on any atom is 0.271 e. The van der Waals surface area contributed by atoms with E-state index >= 15 is 0 Å². The van der Waals surface area contributed by atoms with Crippen LogP contribution < -0.4 is 19.6 Å². The third-order valence-electron chi connectivity index (χ3n) is 4.75. The normalized spacial score (nSPS) is 10.7. The third kappa shape index (κ3) is 6.87. The van der Waals surface area contributed by atoms with Crippen molar-refractivity contribution in [2.24, 2.45) is 5.10 Å². The van der Waals surface area contributed by atoms with Crippen molar-refractivity contribution in [2.45, 2.75) is 19.8 Å². The molecule has 0 heterocycles. The number of hydrogen-bond donors (Lipinski definition) is 1. The molecule has 6 nitrogen and oxygen atoms in total. The minimum absolute atomic E-state index is 0.266. The van der Waals surface area contributed by atoms with Crippen molar-refractivity contribution in [2.75, 3.05) is 20.3 Å². The molecule has 0 aliphatic rings. The summed E-state index contributed by atoms with van der Waals surface area (Å²) in [7, 11) is 1.59. The number of methoxy groups -OCH3 is 1.